The van der Waals surface area contributed by atoms with Crippen molar-refractivity contribution in [2.75, 3.05) is 6.54 Å². The monoisotopic (exact) mass is 281 g/mol. The van der Waals surface area contributed by atoms with Gasteiger partial charge in [0.05, 0.1) is 5.60 Å². The van der Waals surface area contributed by atoms with Crippen molar-refractivity contribution in [1.29, 1.82) is 0 Å². The maximum absolute atomic E-state index is 11.7. The normalized spacial score (nSPS) is 17.3. The molecule has 20 heavy (non-hydrogen) atoms. The minimum atomic E-state index is -0.700. The third kappa shape index (κ3) is 4.30. The summed E-state index contributed by atoms with van der Waals surface area (Å²) in [6, 6.07) is 0. The van der Waals surface area contributed by atoms with Gasteiger partial charge < -0.3 is 14.9 Å². The molecule has 0 unspecified atom stereocenters. The lowest BCUT2D eigenvalue weighted by Crippen LogP contribution is -2.40. The van der Waals surface area contributed by atoms with Crippen LogP contribution in [0.1, 0.15) is 57.2 Å². The van der Waals surface area contributed by atoms with Gasteiger partial charge in [-0.05, 0) is 19.3 Å². The summed E-state index contributed by atoms with van der Waals surface area (Å²) in [6.45, 7) is 2.40. The van der Waals surface area contributed by atoms with E-state index in [0.717, 1.165) is 38.5 Å². The average molecular weight is 281 g/mol. The standard InChI is InChI=1S/C14H23N3O3/c1-2-5-11-16-13(20-17-11)7-6-12(18)15-10-14(19)8-3-4-9-14/h19H,2-10H2,1H3,(H,15,18). The topological polar surface area (TPSA) is 88.2 Å². The molecule has 1 aliphatic rings. The third-order valence-corrected chi connectivity index (χ3v) is 3.70. The summed E-state index contributed by atoms with van der Waals surface area (Å²) in [5.41, 5.74) is -0.700. The Morgan fingerprint density at radius 3 is 2.85 bits per heavy atom. The molecule has 0 spiro atoms. The minimum Gasteiger partial charge on any atom is -0.388 e. The van der Waals surface area contributed by atoms with Crippen LogP contribution >= 0.6 is 0 Å². The van der Waals surface area contributed by atoms with Gasteiger partial charge in [-0.3, -0.25) is 4.79 Å². The molecule has 6 nitrogen and oxygen atoms in total. The van der Waals surface area contributed by atoms with E-state index in [1.165, 1.54) is 0 Å². The number of hydrogen-bond acceptors (Lipinski definition) is 5. The highest BCUT2D eigenvalue weighted by Gasteiger charge is 2.31. The number of rotatable bonds is 7. The Morgan fingerprint density at radius 2 is 2.15 bits per heavy atom. The largest absolute Gasteiger partial charge is 0.388 e. The van der Waals surface area contributed by atoms with E-state index in [1.807, 2.05) is 0 Å². The van der Waals surface area contributed by atoms with Crippen molar-refractivity contribution in [3.05, 3.63) is 11.7 Å². The van der Waals surface area contributed by atoms with E-state index in [1.54, 1.807) is 0 Å². The molecule has 0 saturated heterocycles. The number of carbonyl (C=O) groups excluding carboxylic acids is 1. The van der Waals surface area contributed by atoms with Crippen LogP contribution in [0.2, 0.25) is 0 Å². The number of aliphatic hydroxyl groups is 1. The molecule has 112 valence electrons. The van der Waals surface area contributed by atoms with Crippen LogP contribution < -0.4 is 5.32 Å². The van der Waals surface area contributed by atoms with E-state index in [-0.39, 0.29) is 5.91 Å². The maximum Gasteiger partial charge on any atom is 0.227 e. The fourth-order valence-corrected chi connectivity index (χ4v) is 2.50. The summed E-state index contributed by atoms with van der Waals surface area (Å²) in [7, 11) is 0. The number of hydrogen-bond donors (Lipinski definition) is 2. The lowest BCUT2D eigenvalue weighted by atomic mass is 10.0. The van der Waals surface area contributed by atoms with E-state index in [4.69, 9.17) is 4.52 Å². The number of nitrogens with zero attached hydrogens (tertiary/aromatic N) is 2. The molecule has 1 fully saturated rings. The smallest absolute Gasteiger partial charge is 0.227 e. The van der Waals surface area contributed by atoms with Gasteiger partial charge in [-0.25, -0.2) is 0 Å². The molecular formula is C14H23N3O3. The molecule has 0 aromatic carbocycles. The molecule has 6 heteroatoms. The second-order valence-corrected chi connectivity index (χ2v) is 5.56. The van der Waals surface area contributed by atoms with Crippen molar-refractivity contribution in [3.8, 4) is 0 Å². The number of aromatic nitrogens is 2. The quantitative estimate of drug-likeness (QED) is 0.788. The molecule has 1 aromatic rings. The molecule has 1 saturated carbocycles. The molecule has 1 amide bonds. The minimum absolute atomic E-state index is 0.0828. The summed E-state index contributed by atoms with van der Waals surface area (Å²) >= 11 is 0. The first kappa shape index (κ1) is 15.0. The van der Waals surface area contributed by atoms with Crippen LogP contribution in [-0.4, -0.2) is 33.3 Å². The van der Waals surface area contributed by atoms with Gasteiger partial charge in [-0.15, -0.1) is 0 Å². The number of amides is 1. The zero-order chi connectivity index (χ0) is 14.4. The first-order chi connectivity index (χ1) is 9.61. The Bertz CT molecular complexity index is 439. The summed E-state index contributed by atoms with van der Waals surface area (Å²) in [6.07, 6.45) is 6.14. The predicted molar refractivity (Wildman–Crippen MR) is 73.0 cm³/mol. The van der Waals surface area contributed by atoms with Crippen molar-refractivity contribution in [2.24, 2.45) is 0 Å². The van der Waals surface area contributed by atoms with E-state index >= 15 is 0 Å². The molecule has 2 rings (SSSR count). The van der Waals surface area contributed by atoms with Gasteiger partial charge in [-0.2, -0.15) is 4.98 Å². The second kappa shape index (κ2) is 6.83. The first-order valence-electron chi connectivity index (χ1n) is 7.42. The first-order valence-corrected chi connectivity index (χ1v) is 7.42. The molecule has 0 atom stereocenters. The number of nitrogens with one attached hydrogen (secondary N) is 1. The molecule has 1 aromatic heterocycles. The summed E-state index contributed by atoms with van der Waals surface area (Å²) in [5.74, 6) is 1.12. The van der Waals surface area contributed by atoms with Crippen LogP contribution in [0.3, 0.4) is 0 Å². The second-order valence-electron chi connectivity index (χ2n) is 5.56. The maximum atomic E-state index is 11.7. The van der Waals surface area contributed by atoms with Gasteiger partial charge in [-0.1, -0.05) is 24.9 Å². The van der Waals surface area contributed by atoms with Crippen LogP contribution in [0.15, 0.2) is 4.52 Å². The van der Waals surface area contributed by atoms with Gasteiger partial charge in [0.1, 0.15) is 0 Å². The number of carbonyl (C=O) groups is 1. The van der Waals surface area contributed by atoms with Crippen molar-refractivity contribution >= 4 is 5.91 Å². The van der Waals surface area contributed by atoms with E-state index in [2.05, 4.69) is 22.4 Å². The molecule has 0 bridgehead atoms. The van der Waals surface area contributed by atoms with E-state index in [9.17, 15) is 9.90 Å². The van der Waals surface area contributed by atoms with Crippen LogP contribution in [0.25, 0.3) is 0 Å². The molecular weight excluding hydrogens is 258 g/mol. The Labute approximate surface area is 118 Å². The SMILES string of the molecule is CCCc1noc(CCC(=O)NCC2(O)CCCC2)n1. The lowest BCUT2D eigenvalue weighted by Gasteiger charge is -2.22. The van der Waals surface area contributed by atoms with E-state index < -0.39 is 5.60 Å². The fraction of sp³-hybridized carbons (Fsp3) is 0.786. The van der Waals surface area contributed by atoms with Crippen LogP contribution in [0.5, 0.6) is 0 Å². The highest BCUT2D eigenvalue weighted by molar-refractivity contribution is 5.76. The fourth-order valence-electron chi connectivity index (χ4n) is 2.50. The zero-order valence-electron chi connectivity index (χ0n) is 12.0. The Balaban J connectivity index is 1.69. The van der Waals surface area contributed by atoms with Gasteiger partial charge in [0.2, 0.25) is 11.8 Å². The molecule has 1 aliphatic carbocycles. The Kier molecular flexibility index (Phi) is 5.11. The zero-order valence-corrected chi connectivity index (χ0v) is 12.0. The van der Waals surface area contributed by atoms with Crippen LogP contribution in [-0.2, 0) is 17.6 Å². The van der Waals surface area contributed by atoms with Crippen molar-refractivity contribution < 1.29 is 14.4 Å². The van der Waals surface area contributed by atoms with E-state index in [0.29, 0.717) is 31.1 Å². The lowest BCUT2D eigenvalue weighted by molar-refractivity contribution is -0.122. The van der Waals surface area contributed by atoms with Crippen molar-refractivity contribution in [3.63, 3.8) is 0 Å². The molecule has 0 aliphatic heterocycles. The van der Waals surface area contributed by atoms with Crippen molar-refractivity contribution in [1.82, 2.24) is 15.5 Å². The number of aryl methyl sites for hydroxylation is 2. The third-order valence-electron chi connectivity index (χ3n) is 3.70. The highest BCUT2D eigenvalue weighted by Crippen LogP contribution is 2.28. The Hall–Kier alpha value is -1.43. The summed E-state index contributed by atoms with van der Waals surface area (Å²) in [4.78, 5) is 16.0. The summed E-state index contributed by atoms with van der Waals surface area (Å²) < 4.78 is 5.07. The molecule has 0 radical (unpaired) electrons. The van der Waals surface area contributed by atoms with Gasteiger partial charge in [0.15, 0.2) is 5.82 Å². The predicted octanol–water partition coefficient (Wildman–Crippen LogP) is 1.38. The molecule has 2 N–H and O–H groups in total. The van der Waals surface area contributed by atoms with Crippen molar-refractivity contribution in [2.45, 2.75) is 63.9 Å². The highest BCUT2D eigenvalue weighted by atomic mass is 16.5. The summed E-state index contributed by atoms with van der Waals surface area (Å²) in [5, 5.41) is 16.8. The van der Waals surface area contributed by atoms with Crippen LogP contribution in [0, 0.1) is 0 Å². The van der Waals surface area contributed by atoms with Gasteiger partial charge in [0.25, 0.3) is 0 Å². The Morgan fingerprint density at radius 1 is 1.40 bits per heavy atom. The van der Waals surface area contributed by atoms with Gasteiger partial charge >= 0.3 is 0 Å². The molecule has 1 heterocycles. The van der Waals surface area contributed by atoms with Crippen LogP contribution in [0.4, 0.5) is 0 Å². The average Bonchev–Trinajstić information content (AvgIpc) is 3.05. The van der Waals surface area contributed by atoms with Gasteiger partial charge in [0, 0.05) is 25.8 Å².